The Bertz CT molecular complexity index is 1090. The molecule has 0 aromatic carbocycles. The van der Waals surface area contributed by atoms with E-state index in [1.807, 2.05) is 26.0 Å². The predicted molar refractivity (Wildman–Crippen MR) is 139 cm³/mol. The number of thiophene rings is 1. The van der Waals surface area contributed by atoms with Crippen molar-refractivity contribution in [3.8, 4) is 0 Å². The van der Waals surface area contributed by atoms with Gasteiger partial charge >= 0.3 is 0 Å². The van der Waals surface area contributed by atoms with E-state index in [1.54, 1.807) is 12.3 Å². The van der Waals surface area contributed by atoms with Crippen molar-refractivity contribution in [3.05, 3.63) is 44.9 Å². The minimum absolute atomic E-state index is 0.0860. The van der Waals surface area contributed by atoms with Crippen LogP contribution in [0.4, 0.5) is 14.5 Å². The van der Waals surface area contributed by atoms with Gasteiger partial charge in [0, 0.05) is 30.0 Å². The number of aryl methyl sites for hydroxylation is 1. The highest BCUT2D eigenvalue weighted by molar-refractivity contribution is 7.14. The average molecular weight is 539 g/mol. The highest BCUT2D eigenvalue weighted by Crippen LogP contribution is 2.35. The summed E-state index contributed by atoms with van der Waals surface area (Å²) >= 11 is 7.42. The minimum atomic E-state index is -2.74. The molecule has 2 amide bonds. The minimum Gasteiger partial charge on any atom is -0.376 e. The van der Waals surface area contributed by atoms with E-state index in [0.29, 0.717) is 22.2 Å². The first-order valence-corrected chi connectivity index (χ1v) is 13.8. The molecule has 1 unspecified atom stereocenters. The normalized spacial score (nSPS) is 21.2. The molecule has 4 rings (SSSR count). The van der Waals surface area contributed by atoms with Crippen LogP contribution in [0.15, 0.2) is 24.4 Å². The Morgan fingerprint density at radius 2 is 2.00 bits per heavy atom. The van der Waals surface area contributed by atoms with Gasteiger partial charge in [0.25, 0.3) is 5.91 Å². The molecule has 2 aliphatic rings. The summed E-state index contributed by atoms with van der Waals surface area (Å²) in [5.41, 5.74) is 1.64. The van der Waals surface area contributed by atoms with Crippen LogP contribution in [-0.2, 0) is 4.79 Å². The van der Waals surface area contributed by atoms with Gasteiger partial charge in [0.15, 0.2) is 0 Å². The van der Waals surface area contributed by atoms with Gasteiger partial charge in [-0.15, -0.1) is 11.3 Å². The van der Waals surface area contributed by atoms with E-state index in [0.717, 1.165) is 41.9 Å². The third-order valence-corrected chi connectivity index (χ3v) is 8.59. The molecule has 10 heteroatoms. The summed E-state index contributed by atoms with van der Waals surface area (Å²) < 4.78 is 27.2. The Hall–Kier alpha value is -2.26. The largest absolute Gasteiger partial charge is 0.376 e. The quantitative estimate of drug-likeness (QED) is 0.352. The van der Waals surface area contributed by atoms with Gasteiger partial charge in [0.2, 0.25) is 11.8 Å². The molecule has 2 aliphatic carbocycles. The molecule has 0 aliphatic heterocycles. The lowest BCUT2D eigenvalue weighted by molar-refractivity contribution is -0.124. The topological polar surface area (TPSA) is 83.1 Å². The molecular formula is C26H33ClF2N4O2S. The lowest BCUT2D eigenvalue weighted by atomic mass is 9.97. The zero-order valence-electron chi connectivity index (χ0n) is 20.6. The van der Waals surface area contributed by atoms with E-state index in [-0.39, 0.29) is 37.1 Å². The molecule has 3 N–H and O–H groups in total. The molecule has 2 aromatic heterocycles. The summed E-state index contributed by atoms with van der Waals surface area (Å²) in [4.78, 5) is 31.9. The second-order valence-electron chi connectivity index (χ2n) is 10.1. The highest BCUT2D eigenvalue weighted by Gasteiger charge is 2.41. The van der Waals surface area contributed by atoms with Gasteiger partial charge in [-0.25, -0.2) is 8.78 Å². The number of anilines is 1. The van der Waals surface area contributed by atoms with Crippen LogP contribution < -0.4 is 16.0 Å². The number of rotatable bonds is 9. The lowest BCUT2D eigenvalue weighted by Gasteiger charge is -2.23. The number of halogens is 3. The number of amides is 2. The maximum Gasteiger partial charge on any atom is 0.262 e. The SMILES string of the molecule is Cc1ncc(Cl)cc1N[C@@H](C)c1ccc(C(=O)N[C@@H](CC2CCCC2)C(=O)NC2CCC(F)(F)C2)s1. The first-order chi connectivity index (χ1) is 17.1. The number of carbonyl (C=O) groups excluding carboxylic acids is 2. The maximum atomic E-state index is 13.6. The number of nitrogens with zero attached hydrogens (tertiary/aromatic N) is 1. The number of pyridine rings is 1. The van der Waals surface area contributed by atoms with Crippen molar-refractivity contribution in [2.24, 2.45) is 5.92 Å². The molecule has 6 nitrogen and oxygen atoms in total. The molecule has 0 bridgehead atoms. The molecule has 0 spiro atoms. The van der Waals surface area contributed by atoms with Crippen LogP contribution >= 0.6 is 22.9 Å². The zero-order chi connectivity index (χ0) is 25.9. The zero-order valence-corrected chi connectivity index (χ0v) is 22.2. The number of carbonyl (C=O) groups is 2. The van der Waals surface area contributed by atoms with Crippen LogP contribution in [0, 0.1) is 12.8 Å². The van der Waals surface area contributed by atoms with E-state index in [4.69, 9.17) is 11.6 Å². The van der Waals surface area contributed by atoms with Gasteiger partial charge in [0.05, 0.1) is 27.3 Å². The van der Waals surface area contributed by atoms with Crippen molar-refractivity contribution in [3.63, 3.8) is 0 Å². The number of hydrogen-bond donors (Lipinski definition) is 3. The molecule has 3 atom stereocenters. The number of alkyl halides is 2. The van der Waals surface area contributed by atoms with Gasteiger partial charge in [-0.1, -0.05) is 37.3 Å². The Morgan fingerprint density at radius 1 is 1.25 bits per heavy atom. The molecule has 2 heterocycles. The van der Waals surface area contributed by atoms with Gasteiger partial charge in [-0.2, -0.15) is 0 Å². The summed E-state index contributed by atoms with van der Waals surface area (Å²) in [6, 6.07) is 4.07. The standard InChI is InChI=1S/C26H33ClF2N4O2S/c1-15-20(12-18(27)14-30-15)31-16(2)22-7-8-23(36-22)25(35)33-21(11-17-5-3-4-6-17)24(34)32-19-9-10-26(28,29)13-19/h7-8,12,14,16-17,19,21,31H,3-6,9-11,13H2,1-2H3,(H,32,34)(H,33,35)/t16-,19?,21-/m0/s1. The second kappa shape index (κ2) is 11.4. The van der Waals surface area contributed by atoms with Crippen LogP contribution in [0.3, 0.4) is 0 Å². The Morgan fingerprint density at radius 3 is 2.69 bits per heavy atom. The lowest BCUT2D eigenvalue weighted by Crippen LogP contribution is -2.50. The Labute approximate surface area is 219 Å². The molecule has 0 radical (unpaired) electrons. The molecule has 2 fully saturated rings. The van der Waals surface area contributed by atoms with E-state index in [2.05, 4.69) is 20.9 Å². The summed E-state index contributed by atoms with van der Waals surface area (Å²) in [5.74, 6) is -3.08. The maximum absolute atomic E-state index is 13.6. The van der Waals surface area contributed by atoms with E-state index in [1.165, 1.54) is 11.3 Å². The fourth-order valence-electron chi connectivity index (χ4n) is 5.08. The van der Waals surface area contributed by atoms with Crippen molar-refractivity contribution in [2.75, 3.05) is 5.32 Å². The molecule has 36 heavy (non-hydrogen) atoms. The predicted octanol–water partition coefficient (Wildman–Crippen LogP) is 6.26. The molecule has 2 aromatic rings. The van der Waals surface area contributed by atoms with E-state index < -0.39 is 18.0 Å². The number of hydrogen-bond acceptors (Lipinski definition) is 5. The van der Waals surface area contributed by atoms with Gasteiger partial charge in [-0.05, 0) is 50.8 Å². The van der Waals surface area contributed by atoms with Gasteiger partial charge in [0.1, 0.15) is 6.04 Å². The van der Waals surface area contributed by atoms with Crippen LogP contribution in [-0.4, -0.2) is 34.8 Å². The first-order valence-electron chi connectivity index (χ1n) is 12.6. The Kier molecular flexibility index (Phi) is 8.50. The van der Waals surface area contributed by atoms with Crippen molar-refractivity contribution in [2.45, 2.75) is 89.3 Å². The highest BCUT2D eigenvalue weighted by atomic mass is 35.5. The fraction of sp³-hybridized carbons (Fsp3) is 0.577. The number of aromatic nitrogens is 1. The first kappa shape index (κ1) is 26.8. The second-order valence-corrected chi connectivity index (χ2v) is 11.6. The molecule has 0 saturated heterocycles. The van der Waals surface area contributed by atoms with Crippen LogP contribution in [0.25, 0.3) is 0 Å². The number of nitrogens with one attached hydrogen (secondary N) is 3. The smallest absolute Gasteiger partial charge is 0.262 e. The summed E-state index contributed by atoms with van der Waals surface area (Å²) in [6.07, 6.45) is 6.08. The fourth-order valence-corrected chi connectivity index (χ4v) is 6.15. The van der Waals surface area contributed by atoms with E-state index in [9.17, 15) is 18.4 Å². The third-order valence-electron chi connectivity index (χ3n) is 7.12. The van der Waals surface area contributed by atoms with Crippen molar-refractivity contribution >= 4 is 40.4 Å². The molecule has 2 saturated carbocycles. The summed E-state index contributed by atoms with van der Waals surface area (Å²) in [5, 5.41) is 9.58. The summed E-state index contributed by atoms with van der Waals surface area (Å²) in [7, 11) is 0. The van der Waals surface area contributed by atoms with Crippen molar-refractivity contribution in [1.29, 1.82) is 0 Å². The van der Waals surface area contributed by atoms with Crippen molar-refractivity contribution in [1.82, 2.24) is 15.6 Å². The van der Waals surface area contributed by atoms with Crippen LogP contribution in [0.2, 0.25) is 5.02 Å². The monoisotopic (exact) mass is 538 g/mol. The molecular weight excluding hydrogens is 506 g/mol. The third kappa shape index (κ3) is 6.94. The van der Waals surface area contributed by atoms with Gasteiger partial charge < -0.3 is 16.0 Å². The van der Waals surface area contributed by atoms with Crippen molar-refractivity contribution < 1.29 is 18.4 Å². The van der Waals surface area contributed by atoms with Crippen LogP contribution in [0.5, 0.6) is 0 Å². The van der Waals surface area contributed by atoms with E-state index >= 15 is 0 Å². The summed E-state index contributed by atoms with van der Waals surface area (Å²) in [6.45, 7) is 3.88. The Balaban J connectivity index is 1.40. The van der Waals surface area contributed by atoms with Gasteiger partial charge in [-0.3, -0.25) is 14.6 Å². The van der Waals surface area contributed by atoms with Crippen LogP contribution in [0.1, 0.15) is 84.6 Å². The average Bonchev–Trinajstić information content (AvgIpc) is 3.57. The molecule has 196 valence electrons.